The summed E-state index contributed by atoms with van der Waals surface area (Å²) in [6.07, 6.45) is 1.42. The zero-order valence-corrected chi connectivity index (χ0v) is 13.1. The summed E-state index contributed by atoms with van der Waals surface area (Å²) in [5.74, 6) is -1.67. The van der Waals surface area contributed by atoms with Crippen LogP contribution >= 0.6 is 0 Å². The zero-order chi connectivity index (χ0) is 17.0. The monoisotopic (exact) mass is 340 g/mol. The quantitative estimate of drug-likeness (QED) is 0.834. The summed E-state index contributed by atoms with van der Waals surface area (Å²) in [4.78, 5) is 15.0. The maximum absolute atomic E-state index is 13.4. The number of carbonyl (C=O) groups is 1. The van der Waals surface area contributed by atoms with Crippen molar-refractivity contribution in [1.29, 1.82) is 0 Å². The molecular formula is C14H13FN2O5S. The van der Waals surface area contributed by atoms with Crippen LogP contribution < -0.4 is 9.46 Å². The van der Waals surface area contributed by atoms with Crippen LogP contribution in [0.25, 0.3) is 0 Å². The molecule has 0 saturated heterocycles. The maximum atomic E-state index is 13.4. The highest BCUT2D eigenvalue weighted by molar-refractivity contribution is 7.92. The van der Waals surface area contributed by atoms with E-state index in [0.717, 1.165) is 25.3 Å². The first-order valence-corrected chi connectivity index (χ1v) is 7.77. The number of sulfonamides is 1. The number of benzene rings is 1. The summed E-state index contributed by atoms with van der Waals surface area (Å²) in [7, 11) is -1.85. The summed E-state index contributed by atoms with van der Waals surface area (Å²) >= 11 is 0. The van der Waals surface area contributed by atoms with E-state index >= 15 is 0 Å². The standard InChI is InChI=1S/C14H13FN2O5S/c1-21-13-11(4-3-7-16-13)17-23(19,20)12-8-9(15)5-6-10(12)14(18)22-2/h3-8,17H,1-2H3. The van der Waals surface area contributed by atoms with E-state index in [1.807, 2.05) is 0 Å². The fourth-order valence-electron chi connectivity index (χ4n) is 1.83. The average molecular weight is 340 g/mol. The lowest BCUT2D eigenvalue weighted by atomic mass is 10.2. The van der Waals surface area contributed by atoms with E-state index in [1.54, 1.807) is 0 Å². The molecule has 0 radical (unpaired) electrons. The fourth-order valence-corrected chi connectivity index (χ4v) is 3.09. The minimum absolute atomic E-state index is 0.0343. The van der Waals surface area contributed by atoms with Crippen LogP contribution in [0.2, 0.25) is 0 Å². The van der Waals surface area contributed by atoms with Gasteiger partial charge in [0.15, 0.2) is 0 Å². The molecule has 0 aliphatic rings. The van der Waals surface area contributed by atoms with Crippen molar-refractivity contribution in [3.8, 4) is 5.88 Å². The van der Waals surface area contributed by atoms with Crippen LogP contribution in [0.15, 0.2) is 41.4 Å². The van der Waals surface area contributed by atoms with Crippen LogP contribution in [0.3, 0.4) is 0 Å². The second-order valence-electron chi connectivity index (χ2n) is 4.30. The molecule has 0 saturated carbocycles. The molecule has 9 heteroatoms. The molecule has 1 N–H and O–H groups in total. The minimum atomic E-state index is -4.27. The highest BCUT2D eigenvalue weighted by Gasteiger charge is 2.25. The smallest absolute Gasteiger partial charge is 0.339 e. The van der Waals surface area contributed by atoms with Gasteiger partial charge in [0, 0.05) is 6.20 Å². The van der Waals surface area contributed by atoms with Crippen molar-refractivity contribution in [2.45, 2.75) is 4.90 Å². The Bertz CT molecular complexity index is 839. The molecule has 1 aromatic carbocycles. The molecule has 0 aliphatic heterocycles. The third kappa shape index (κ3) is 3.57. The predicted molar refractivity (Wildman–Crippen MR) is 79.3 cm³/mol. The molecule has 0 bridgehead atoms. The molecule has 0 spiro atoms. The van der Waals surface area contributed by atoms with Gasteiger partial charge in [0.05, 0.1) is 19.8 Å². The Morgan fingerprint density at radius 1 is 1.26 bits per heavy atom. The van der Waals surface area contributed by atoms with Gasteiger partial charge in [0.25, 0.3) is 10.0 Å². The van der Waals surface area contributed by atoms with Crippen LogP contribution in [-0.4, -0.2) is 33.6 Å². The number of aromatic nitrogens is 1. The zero-order valence-electron chi connectivity index (χ0n) is 12.2. The lowest BCUT2D eigenvalue weighted by molar-refractivity contribution is 0.0596. The largest absolute Gasteiger partial charge is 0.480 e. The molecule has 1 aromatic heterocycles. The Kier molecular flexibility index (Phi) is 4.80. The number of ether oxygens (including phenoxy) is 2. The Labute approximate surface area is 132 Å². The van der Waals surface area contributed by atoms with Gasteiger partial charge in [-0.05, 0) is 30.3 Å². The highest BCUT2D eigenvalue weighted by atomic mass is 32.2. The van der Waals surface area contributed by atoms with Gasteiger partial charge in [-0.15, -0.1) is 0 Å². The number of nitrogens with zero attached hydrogens (tertiary/aromatic N) is 1. The van der Waals surface area contributed by atoms with Gasteiger partial charge in [0.2, 0.25) is 5.88 Å². The second-order valence-corrected chi connectivity index (χ2v) is 5.95. The van der Waals surface area contributed by atoms with Gasteiger partial charge in [0.1, 0.15) is 16.4 Å². The molecule has 2 aromatic rings. The van der Waals surface area contributed by atoms with E-state index in [9.17, 15) is 17.6 Å². The lowest BCUT2D eigenvalue weighted by Gasteiger charge is -2.13. The van der Waals surface area contributed by atoms with Crippen LogP contribution in [0.4, 0.5) is 10.1 Å². The van der Waals surface area contributed by atoms with Crippen molar-refractivity contribution < 1.29 is 27.1 Å². The Hall–Kier alpha value is -2.68. The van der Waals surface area contributed by atoms with Gasteiger partial charge in [-0.1, -0.05) is 0 Å². The van der Waals surface area contributed by atoms with Gasteiger partial charge in [-0.25, -0.2) is 22.6 Å². The molecule has 0 amide bonds. The van der Waals surface area contributed by atoms with Crippen molar-refractivity contribution in [3.63, 3.8) is 0 Å². The van der Waals surface area contributed by atoms with E-state index in [-0.39, 0.29) is 17.1 Å². The van der Waals surface area contributed by atoms with Crippen LogP contribution in [0.5, 0.6) is 5.88 Å². The normalized spacial score (nSPS) is 10.9. The third-order valence-electron chi connectivity index (χ3n) is 2.85. The molecule has 0 aliphatic carbocycles. The number of anilines is 1. The molecule has 0 atom stereocenters. The number of hydrogen-bond donors (Lipinski definition) is 1. The molecule has 1 heterocycles. The maximum Gasteiger partial charge on any atom is 0.339 e. The van der Waals surface area contributed by atoms with Gasteiger partial charge < -0.3 is 9.47 Å². The number of hydrogen-bond acceptors (Lipinski definition) is 6. The molecule has 0 fully saturated rings. The fraction of sp³-hybridized carbons (Fsp3) is 0.143. The number of rotatable bonds is 5. The minimum Gasteiger partial charge on any atom is -0.480 e. The number of nitrogens with one attached hydrogen (secondary N) is 1. The molecule has 7 nitrogen and oxygen atoms in total. The van der Waals surface area contributed by atoms with Gasteiger partial charge in [-0.2, -0.15) is 0 Å². The van der Waals surface area contributed by atoms with E-state index in [4.69, 9.17) is 4.74 Å². The van der Waals surface area contributed by atoms with Gasteiger partial charge >= 0.3 is 5.97 Å². The summed E-state index contributed by atoms with van der Waals surface area (Å²) in [5, 5.41) is 0. The van der Waals surface area contributed by atoms with Gasteiger partial charge in [-0.3, -0.25) is 4.72 Å². The van der Waals surface area contributed by atoms with Crippen molar-refractivity contribution in [2.24, 2.45) is 0 Å². The Morgan fingerprint density at radius 2 is 2.00 bits per heavy atom. The first kappa shape index (κ1) is 16.7. The number of esters is 1. The second kappa shape index (κ2) is 6.61. The number of pyridine rings is 1. The molecular weight excluding hydrogens is 327 g/mol. The van der Waals surface area contributed by atoms with Crippen LogP contribution in [0.1, 0.15) is 10.4 Å². The summed E-state index contributed by atoms with van der Waals surface area (Å²) in [5.41, 5.74) is -0.237. The van der Waals surface area contributed by atoms with Crippen molar-refractivity contribution in [3.05, 3.63) is 47.9 Å². The average Bonchev–Trinajstić information content (AvgIpc) is 2.54. The van der Waals surface area contributed by atoms with Crippen molar-refractivity contribution in [1.82, 2.24) is 4.98 Å². The Balaban J connectivity index is 2.52. The topological polar surface area (TPSA) is 94.6 Å². The molecule has 122 valence electrons. The number of halogens is 1. The van der Waals surface area contributed by atoms with Crippen molar-refractivity contribution >= 4 is 21.7 Å². The SMILES string of the molecule is COC(=O)c1ccc(F)cc1S(=O)(=O)Nc1cccnc1OC. The van der Waals surface area contributed by atoms with Crippen molar-refractivity contribution in [2.75, 3.05) is 18.9 Å². The van der Waals surface area contributed by atoms with E-state index in [1.165, 1.54) is 25.4 Å². The van der Waals surface area contributed by atoms with Crippen LogP contribution in [-0.2, 0) is 14.8 Å². The highest BCUT2D eigenvalue weighted by Crippen LogP contribution is 2.26. The first-order valence-electron chi connectivity index (χ1n) is 6.28. The summed E-state index contributed by atoms with van der Waals surface area (Å²) in [6, 6.07) is 5.65. The molecule has 2 rings (SSSR count). The Morgan fingerprint density at radius 3 is 2.65 bits per heavy atom. The predicted octanol–water partition coefficient (Wildman–Crippen LogP) is 1.82. The first-order chi connectivity index (χ1) is 10.9. The van der Waals surface area contributed by atoms with E-state index in [2.05, 4.69) is 14.4 Å². The third-order valence-corrected chi connectivity index (χ3v) is 4.25. The van der Waals surface area contributed by atoms with E-state index < -0.39 is 26.7 Å². The molecule has 0 unspecified atom stereocenters. The summed E-state index contributed by atoms with van der Waals surface area (Å²) < 4.78 is 50.1. The number of methoxy groups -OCH3 is 2. The lowest BCUT2D eigenvalue weighted by Crippen LogP contribution is -2.18. The summed E-state index contributed by atoms with van der Waals surface area (Å²) in [6.45, 7) is 0. The van der Waals surface area contributed by atoms with Crippen LogP contribution in [0, 0.1) is 5.82 Å². The van der Waals surface area contributed by atoms with E-state index in [0.29, 0.717) is 0 Å². The number of carbonyl (C=O) groups excluding carboxylic acids is 1. The molecule has 23 heavy (non-hydrogen) atoms.